The summed E-state index contributed by atoms with van der Waals surface area (Å²) in [6, 6.07) is 13.3. The van der Waals surface area contributed by atoms with E-state index in [0.717, 1.165) is 16.7 Å². The maximum atomic E-state index is 12.8. The molecule has 0 N–H and O–H groups in total. The van der Waals surface area contributed by atoms with E-state index < -0.39 is 0 Å². The molecule has 27 heavy (non-hydrogen) atoms. The van der Waals surface area contributed by atoms with Crippen LogP contribution < -0.4 is 19.6 Å². The first-order valence-electron chi connectivity index (χ1n) is 8.29. The van der Waals surface area contributed by atoms with Crippen LogP contribution in [-0.4, -0.2) is 28.8 Å². The number of benzene rings is 2. The molecule has 4 rings (SSSR count). The summed E-state index contributed by atoms with van der Waals surface area (Å²) in [5.74, 6) is 1.90. The van der Waals surface area contributed by atoms with E-state index in [2.05, 4.69) is 10.1 Å². The van der Waals surface area contributed by atoms with Crippen LogP contribution in [-0.2, 0) is 0 Å². The van der Waals surface area contributed by atoms with Gasteiger partial charge in [0.15, 0.2) is 5.82 Å². The van der Waals surface area contributed by atoms with Crippen LogP contribution in [0.1, 0.15) is 11.1 Å². The SMILES string of the molecule is COc1ccc(OC)c(C=c2sc3nc(-c4cccc(C)c4)nn3c2=O)c1. The quantitative estimate of drug-likeness (QED) is 0.545. The van der Waals surface area contributed by atoms with E-state index in [-0.39, 0.29) is 5.56 Å². The molecule has 4 aromatic rings. The molecule has 6 nitrogen and oxygen atoms in total. The minimum Gasteiger partial charge on any atom is -0.497 e. The largest absolute Gasteiger partial charge is 0.497 e. The fourth-order valence-corrected chi connectivity index (χ4v) is 3.73. The van der Waals surface area contributed by atoms with Crippen molar-refractivity contribution in [2.24, 2.45) is 0 Å². The molecule has 0 fully saturated rings. The Morgan fingerprint density at radius 3 is 2.67 bits per heavy atom. The van der Waals surface area contributed by atoms with E-state index in [9.17, 15) is 4.79 Å². The first-order valence-corrected chi connectivity index (χ1v) is 9.11. The van der Waals surface area contributed by atoms with E-state index >= 15 is 0 Å². The second-order valence-corrected chi connectivity index (χ2v) is 7.03. The second-order valence-electron chi connectivity index (χ2n) is 6.02. The van der Waals surface area contributed by atoms with Crippen LogP contribution in [0.4, 0.5) is 0 Å². The summed E-state index contributed by atoms with van der Waals surface area (Å²) in [5.41, 5.74) is 2.57. The van der Waals surface area contributed by atoms with Gasteiger partial charge in [0, 0.05) is 11.1 Å². The van der Waals surface area contributed by atoms with Crippen LogP contribution in [0.5, 0.6) is 11.5 Å². The zero-order valence-corrected chi connectivity index (χ0v) is 15.9. The number of hydrogen-bond donors (Lipinski definition) is 0. The van der Waals surface area contributed by atoms with Crippen molar-refractivity contribution in [2.75, 3.05) is 14.2 Å². The van der Waals surface area contributed by atoms with Gasteiger partial charge in [0.1, 0.15) is 11.5 Å². The fraction of sp³-hybridized carbons (Fsp3) is 0.150. The smallest absolute Gasteiger partial charge is 0.291 e. The van der Waals surface area contributed by atoms with Crippen molar-refractivity contribution in [3.8, 4) is 22.9 Å². The molecule has 0 radical (unpaired) electrons. The number of aryl methyl sites for hydroxylation is 1. The Hall–Kier alpha value is -3.19. The molecule has 0 atom stereocenters. The number of fused-ring (bicyclic) bond motifs is 1. The monoisotopic (exact) mass is 379 g/mol. The summed E-state index contributed by atoms with van der Waals surface area (Å²) < 4.78 is 12.5. The lowest BCUT2D eigenvalue weighted by atomic mass is 10.1. The van der Waals surface area contributed by atoms with Crippen molar-refractivity contribution in [1.82, 2.24) is 14.6 Å². The number of aromatic nitrogens is 3. The number of ether oxygens (including phenoxy) is 2. The minimum absolute atomic E-state index is 0.203. The molecule has 0 aliphatic heterocycles. The summed E-state index contributed by atoms with van der Waals surface area (Å²) in [4.78, 5) is 17.8. The van der Waals surface area contributed by atoms with Crippen LogP contribution in [0.2, 0.25) is 0 Å². The maximum absolute atomic E-state index is 12.8. The number of rotatable bonds is 4. The first kappa shape index (κ1) is 17.2. The molecule has 2 aromatic carbocycles. The standard InChI is InChI=1S/C20H17N3O3S/c1-12-5-4-6-13(9-12)18-21-20-23(22-18)19(24)17(27-20)11-14-10-15(25-2)7-8-16(14)26-3/h4-11H,1-3H3. The summed E-state index contributed by atoms with van der Waals surface area (Å²) in [7, 11) is 3.19. The van der Waals surface area contributed by atoms with E-state index in [4.69, 9.17) is 9.47 Å². The normalized spacial score (nSPS) is 11.9. The molecule has 2 heterocycles. The number of methoxy groups -OCH3 is 2. The zero-order valence-electron chi connectivity index (χ0n) is 15.1. The molecular formula is C20H17N3O3S. The summed E-state index contributed by atoms with van der Waals surface area (Å²) in [5, 5.41) is 4.39. The van der Waals surface area contributed by atoms with Gasteiger partial charge in [-0.15, -0.1) is 5.10 Å². The lowest BCUT2D eigenvalue weighted by molar-refractivity contribution is 0.402. The molecule has 0 spiro atoms. The molecule has 2 aromatic heterocycles. The highest BCUT2D eigenvalue weighted by Gasteiger charge is 2.13. The lowest BCUT2D eigenvalue weighted by Crippen LogP contribution is -2.23. The van der Waals surface area contributed by atoms with Crippen LogP contribution in [0.25, 0.3) is 22.4 Å². The molecule has 0 aliphatic carbocycles. The highest BCUT2D eigenvalue weighted by Crippen LogP contribution is 2.24. The molecule has 136 valence electrons. The predicted molar refractivity (Wildman–Crippen MR) is 106 cm³/mol. The molecular weight excluding hydrogens is 362 g/mol. The Bertz CT molecular complexity index is 1240. The molecule has 0 saturated carbocycles. The van der Waals surface area contributed by atoms with Crippen LogP contribution >= 0.6 is 11.3 Å². The van der Waals surface area contributed by atoms with Crippen molar-refractivity contribution in [3.63, 3.8) is 0 Å². The fourth-order valence-electron chi connectivity index (χ4n) is 2.83. The van der Waals surface area contributed by atoms with Crippen LogP contribution in [0.3, 0.4) is 0 Å². The summed E-state index contributed by atoms with van der Waals surface area (Å²) >= 11 is 1.30. The van der Waals surface area contributed by atoms with Crippen molar-refractivity contribution >= 4 is 22.4 Å². The lowest BCUT2D eigenvalue weighted by Gasteiger charge is -2.06. The van der Waals surface area contributed by atoms with Gasteiger partial charge in [-0.3, -0.25) is 4.79 Å². The highest BCUT2D eigenvalue weighted by atomic mass is 32.1. The molecule has 0 aliphatic rings. The van der Waals surface area contributed by atoms with Gasteiger partial charge in [0.2, 0.25) is 4.96 Å². The Kier molecular flexibility index (Phi) is 4.37. The maximum Gasteiger partial charge on any atom is 0.291 e. The Morgan fingerprint density at radius 1 is 1.11 bits per heavy atom. The zero-order chi connectivity index (χ0) is 19.0. The number of nitrogens with zero attached hydrogens (tertiary/aromatic N) is 3. The third-order valence-electron chi connectivity index (χ3n) is 4.18. The predicted octanol–water partition coefficient (Wildman–Crippen LogP) is 2.69. The summed E-state index contributed by atoms with van der Waals surface area (Å²) in [6.07, 6.45) is 1.77. The van der Waals surface area contributed by atoms with Crippen molar-refractivity contribution in [1.29, 1.82) is 0 Å². The van der Waals surface area contributed by atoms with Crippen LogP contribution in [0.15, 0.2) is 47.3 Å². The molecule has 7 heteroatoms. The van der Waals surface area contributed by atoms with E-state index in [0.29, 0.717) is 26.8 Å². The van der Waals surface area contributed by atoms with Gasteiger partial charge in [0.25, 0.3) is 5.56 Å². The van der Waals surface area contributed by atoms with E-state index in [1.807, 2.05) is 49.4 Å². The van der Waals surface area contributed by atoms with Gasteiger partial charge >= 0.3 is 0 Å². The number of hydrogen-bond acceptors (Lipinski definition) is 6. The Balaban J connectivity index is 1.83. The summed E-state index contributed by atoms with van der Waals surface area (Å²) in [6.45, 7) is 2.01. The van der Waals surface area contributed by atoms with Gasteiger partial charge in [-0.2, -0.15) is 9.50 Å². The van der Waals surface area contributed by atoms with Crippen molar-refractivity contribution in [3.05, 3.63) is 68.5 Å². The molecule has 0 amide bonds. The van der Waals surface area contributed by atoms with Gasteiger partial charge in [0.05, 0.1) is 18.8 Å². The van der Waals surface area contributed by atoms with Gasteiger partial charge in [-0.25, -0.2) is 0 Å². The first-order chi connectivity index (χ1) is 13.1. The van der Waals surface area contributed by atoms with Gasteiger partial charge < -0.3 is 9.47 Å². The average molecular weight is 379 g/mol. The van der Waals surface area contributed by atoms with Crippen molar-refractivity contribution in [2.45, 2.75) is 6.92 Å². The Labute approximate surface area is 159 Å². The average Bonchev–Trinajstić information content (AvgIpc) is 3.21. The van der Waals surface area contributed by atoms with Crippen LogP contribution in [0, 0.1) is 6.92 Å². The topological polar surface area (TPSA) is 65.7 Å². The van der Waals surface area contributed by atoms with Crippen molar-refractivity contribution < 1.29 is 9.47 Å². The van der Waals surface area contributed by atoms with Gasteiger partial charge in [-0.1, -0.05) is 35.1 Å². The third kappa shape index (κ3) is 3.17. The highest BCUT2D eigenvalue weighted by molar-refractivity contribution is 7.15. The molecule has 0 saturated heterocycles. The van der Waals surface area contributed by atoms with E-state index in [1.54, 1.807) is 20.3 Å². The molecule has 0 bridgehead atoms. The van der Waals surface area contributed by atoms with E-state index in [1.165, 1.54) is 15.9 Å². The van der Waals surface area contributed by atoms with Gasteiger partial charge in [-0.05, 0) is 37.3 Å². The second kappa shape index (κ2) is 6.85. The molecule has 0 unspecified atom stereocenters. The Morgan fingerprint density at radius 2 is 1.96 bits per heavy atom. The third-order valence-corrected chi connectivity index (χ3v) is 5.14. The minimum atomic E-state index is -0.203. The number of thiazole rings is 1.